The lowest BCUT2D eigenvalue weighted by molar-refractivity contribution is 0.0382. The molecule has 0 unspecified atom stereocenters. The molecule has 7 nitrogen and oxygen atoms in total. The zero-order valence-corrected chi connectivity index (χ0v) is 16.1. The number of hydrogen-bond acceptors (Lipinski definition) is 6. The number of carbonyl (C=O) groups excluding carboxylic acids is 1. The van der Waals surface area contributed by atoms with Crippen molar-refractivity contribution in [3.63, 3.8) is 0 Å². The fourth-order valence-corrected chi connectivity index (χ4v) is 3.78. The van der Waals surface area contributed by atoms with Crippen molar-refractivity contribution in [1.82, 2.24) is 10.2 Å². The largest absolute Gasteiger partial charge is 0.497 e. The van der Waals surface area contributed by atoms with E-state index in [1.807, 2.05) is 0 Å². The van der Waals surface area contributed by atoms with Crippen molar-refractivity contribution in [3.8, 4) is 5.75 Å². The van der Waals surface area contributed by atoms with Crippen molar-refractivity contribution >= 4 is 16.7 Å². The highest BCUT2D eigenvalue weighted by molar-refractivity contribution is 7.84. The van der Waals surface area contributed by atoms with Crippen molar-refractivity contribution in [2.24, 2.45) is 0 Å². The van der Waals surface area contributed by atoms with Gasteiger partial charge in [-0.25, -0.2) is 0 Å². The molecule has 1 saturated heterocycles. The summed E-state index contributed by atoms with van der Waals surface area (Å²) in [5.41, 5.74) is 0. The SMILES string of the molecule is COc1ccc([S@@](=O)Cc2ccc(C(=O)NCCN3CCOCC3)o2)cc1. The Kier molecular flexibility index (Phi) is 7.03. The lowest BCUT2D eigenvalue weighted by atomic mass is 10.3. The second-order valence-corrected chi connectivity index (χ2v) is 7.59. The Bertz CT molecular complexity index is 769. The second kappa shape index (κ2) is 9.68. The molecule has 2 heterocycles. The van der Waals surface area contributed by atoms with E-state index >= 15 is 0 Å². The van der Waals surface area contributed by atoms with Gasteiger partial charge in [-0.05, 0) is 36.4 Å². The Morgan fingerprint density at radius 1 is 1.19 bits per heavy atom. The number of hydrogen-bond donors (Lipinski definition) is 1. The number of morpholine rings is 1. The van der Waals surface area contributed by atoms with Gasteiger partial charge in [0.1, 0.15) is 11.5 Å². The van der Waals surface area contributed by atoms with Crippen LogP contribution in [0.1, 0.15) is 16.3 Å². The van der Waals surface area contributed by atoms with Crippen molar-refractivity contribution in [2.45, 2.75) is 10.6 Å². The molecule has 27 heavy (non-hydrogen) atoms. The number of carbonyl (C=O) groups is 1. The topological polar surface area (TPSA) is 81.0 Å². The van der Waals surface area contributed by atoms with Crippen LogP contribution in [0.3, 0.4) is 0 Å². The molecule has 3 rings (SSSR count). The summed E-state index contributed by atoms with van der Waals surface area (Å²) < 4.78 is 28.4. The first kappa shape index (κ1) is 19.6. The predicted octanol–water partition coefficient (Wildman–Crippen LogP) is 1.66. The highest BCUT2D eigenvalue weighted by Gasteiger charge is 2.15. The molecule has 0 radical (unpaired) electrons. The molecule has 0 bridgehead atoms. The third kappa shape index (κ3) is 5.66. The van der Waals surface area contributed by atoms with Crippen LogP contribution in [0.5, 0.6) is 5.75 Å². The molecule has 8 heteroatoms. The first-order valence-corrected chi connectivity index (χ1v) is 10.2. The van der Waals surface area contributed by atoms with Crippen LogP contribution >= 0.6 is 0 Å². The zero-order valence-electron chi connectivity index (χ0n) is 15.3. The fraction of sp³-hybridized carbons (Fsp3) is 0.421. The first-order valence-electron chi connectivity index (χ1n) is 8.85. The summed E-state index contributed by atoms with van der Waals surface area (Å²) in [6.07, 6.45) is 0. The molecule has 1 atom stereocenters. The summed E-state index contributed by atoms with van der Waals surface area (Å²) in [5, 5.41) is 2.85. The highest BCUT2D eigenvalue weighted by Crippen LogP contribution is 2.18. The van der Waals surface area contributed by atoms with Gasteiger partial charge in [0, 0.05) is 31.1 Å². The van der Waals surface area contributed by atoms with Crippen molar-refractivity contribution < 1.29 is 22.9 Å². The molecule has 0 spiro atoms. The Morgan fingerprint density at radius 2 is 1.93 bits per heavy atom. The summed E-state index contributed by atoms with van der Waals surface area (Å²) in [4.78, 5) is 15.1. The van der Waals surface area contributed by atoms with Crippen LogP contribution in [0.2, 0.25) is 0 Å². The molecular formula is C19H24N2O5S. The van der Waals surface area contributed by atoms with E-state index in [1.165, 1.54) is 0 Å². The lowest BCUT2D eigenvalue weighted by Gasteiger charge is -2.26. The van der Waals surface area contributed by atoms with E-state index in [9.17, 15) is 9.00 Å². The van der Waals surface area contributed by atoms with Crippen LogP contribution in [0.15, 0.2) is 45.7 Å². The number of nitrogens with zero attached hydrogens (tertiary/aromatic N) is 1. The molecule has 2 aromatic rings. The Balaban J connectivity index is 1.47. The minimum Gasteiger partial charge on any atom is -0.497 e. The van der Waals surface area contributed by atoms with Gasteiger partial charge in [-0.15, -0.1) is 0 Å². The van der Waals surface area contributed by atoms with Gasteiger partial charge in [0.15, 0.2) is 5.76 Å². The van der Waals surface area contributed by atoms with E-state index in [0.717, 1.165) is 32.8 Å². The van der Waals surface area contributed by atoms with Gasteiger partial charge >= 0.3 is 0 Å². The molecule has 1 N–H and O–H groups in total. The number of amides is 1. The second-order valence-electron chi connectivity index (χ2n) is 6.14. The smallest absolute Gasteiger partial charge is 0.287 e. The Labute approximate surface area is 161 Å². The highest BCUT2D eigenvalue weighted by atomic mass is 32.2. The maximum atomic E-state index is 12.4. The maximum Gasteiger partial charge on any atom is 0.287 e. The quantitative estimate of drug-likeness (QED) is 0.736. The van der Waals surface area contributed by atoms with Gasteiger partial charge in [-0.3, -0.25) is 13.9 Å². The van der Waals surface area contributed by atoms with Gasteiger partial charge in [0.05, 0.1) is 36.9 Å². The summed E-state index contributed by atoms with van der Waals surface area (Å²) in [6.45, 7) is 4.58. The third-order valence-electron chi connectivity index (χ3n) is 4.30. The molecule has 0 saturated carbocycles. The average Bonchev–Trinajstić information content (AvgIpc) is 3.17. The summed E-state index contributed by atoms with van der Waals surface area (Å²) >= 11 is 0. The average molecular weight is 392 g/mol. The van der Waals surface area contributed by atoms with E-state index in [4.69, 9.17) is 13.9 Å². The van der Waals surface area contributed by atoms with Gasteiger partial charge in [0.2, 0.25) is 0 Å². The molecule has 1 fully saturated rings. The van der Waals surface area contributed by atoms with Crippen LogP contribution < -0.4 is 10.1 Å². The van der Waals surface area contributed by atoms with Crippen LogP contribution in [0.25, 0.3) is 0 Å². The summed E-state index contributed by atoms with van der Waals surface area (Å²) in [5.74, 6) is 1.42. The monoisotopic (exact) mass is 392 g/mol. The van der Waals surface area contributed by atoms with Crippen LogP contribution in [0.4, 0.5) is 0 Å². The number of rotatable bonds is 8. The van der Waals surface area contributed by atoms with E-state index < -0.39 is 10.8 Å². The van der Waals surface area contributed by atoms with Gasteiger partial charge in [-0.2, -0.15) is 0 Å². The number of nitrogens with one attached hydrogen (secondary N) is 1. The number of ether oxygens (including phenoxy) is 2. The number of furan rings is 1. The third-order valence-corrected chi connectivity index (χ3v) is 5.64. The van der Waals surface area contributed by atoms with Crippen LogP contribution in [-0.4, -0.2) is 61.5 Å². The van der Waals surface area contributed by atoms with Gasteiger partial charge < -0.3 is 19.2 Å². The van der Waals surface area contributed by atoms with Crippen molar-refractivity contribution in [2.75, 3.05) is 46.5 Å². The number of benzene rings is 1. The van der Waals surface area contributed by atoms with E-state index in [-0.39, 0.29) is 17.4 Å². The molecule has 1 aliphatic heterocycles. The van der Waals surface area contributed by atoms with E-state index in [0.29, 0.717) is 22.9 Å². The Morgan fingerprint density at radius 3 is 2.63 bits per heavy atom. The minimum absolute atomic E-state index is 0.216. The Hall–Kier alpha value is -2.16. The fourth-order valence-electron chi connectivity index (χ4n) is 2.76. The summed E-state index contributed by atoms with van der Waals surface area (Å²) in [6, 6.07) is 10.4. The molecule has 1 aromatic carbocycles. The molecule has 1 aliphatic rings. The molecular weight excluding hydrogens is 368 g/mol. The zero-order chi connectivity index (χ0) is 19.1. The van der Waals surface area contributed by atoms with Crippen molar-refractivity contribution in [3.05, 3.63) is 47.9 Å². The van der Waals surface area contributed by atoms with E-state index in [1.54, 1.807) is 43.5 Å². The molecule has 0 aliphatic carbocycles. The summed E-state index contributed by atoms with van der Waals surface area (Å²) in [7, 11) is 0.333. The van der Waals surface area contributed by atoms with E-state index in [2.05, 4.69) is 10.2 Å². The molecule has 146 valence electrons. The molecule has 1 aromatic heterocycles. The van der Waals surface area contributed by atoms with Gasteiger partial charge in [-0.1, -0.05) is 0 Å². The number of methoxy groups -OCH3 is 1. The normalized spacial score (nSPS) is 16.0. The van der Waals surface area contributed by atoms with Crippen LogP contribution in [0, 0.1) is 0 Å². The molecule has 1 amide bonds. The van der Waals surface area contributed by atoms with Gasteiger partial charge in [0.25, 0.3) is 5.91 Å². The minimum atomic E-state index is -1.25. The maximum absolute atomic E-state index is 12.4. The lowest BCUT2D eigenvalue weighted by Crippen LogP contribution is -2.41. The first-order chi connectivity index (χ1) is 13.2. The van der Waals surface area contributed by atoms with Crippen LogP contribution in [-0.2, 0) is 21.3 Å². The van der Waals surface area contributed by atoms with Crippen molar-refractivity contribution in [1.29, 1.82) is 0 Å². The predicted molar refractivity (Wildman–Crippen MR) is 101 cm³/mol. The standard InChI is InChI=1S/C19H24N2O5S/c1-24-15-2-5-17(6-3-15)27(23)14-16-4-7-18(26-16)19(22)20-8-9-21-10-12-25-13-11-21/h2-7H,8-14H2,1H3,(H,20,22)/t27-/m0/s1.